The van der Waals surface area contributed by atoms with Crippen molar-refractivity contribution in [3.63, 3.8) is 0 Å². The Bertz CT molecular complexity index is 220. The average molecular weight is 212 g/mol. The number of amides is 1. The van der Waals surface area contributed by atoms with E-state index in [9.17, 15) is 4.79 Å². The Kier molecular flexibility index (Phi) is 4.14. The van der Waals surface area contributed by atoms with Crippen LogP contribution in [0.3, 0.4) is 0 Å². The Balaban J connectivity index is 2.08. The third-order valence-corrected chi connectivity index (χ3v) is 3.24. The lowest BCUT2D eigenvalue weighted by molar-refractivity contribution is -0.128. The number of carbonyl (C=O) groups is 1. The number of nitrogens with zero attached hydrogens (tertiary/aromatic N) is 1. The molecule has 0 aromatic heterocycles. The first kappa shape index (κ1) is 12.5. The molecular weight excluding hydrogens is 188 g/mol. The van der Waals surface area contributed by atoms with Crippen LogP contribution in [0.15, 0.2) is 0 Å². The molecule has 0 unspecified atom stereocenters. The second kappa shape index (κ2) is 4.97. The number of hydrogen-bond donors (Lipinski definition) is 1. The zero-order valence-corrected chi connectivity index (χ0v) is 10.5. The normalized spacial score (nSPS) is 16.5. The summed E-state index contributed by atoms with van der Waals surface area (Å²) >= 11 is 0. The van der Waals surface area contributed by atoms with E-state index in [0.717, 1.165) is 18.9 Å². The molecule has 1 aliphatic rings. The van der Waals surface area contributed by atoms with E-state index in [4.69, 9.17) is 0 Å². The lowest BCUT2D eigenvalue weighted by Gasteiger charge is -2.26. The van der Waals surface area contributed by atoms with Gasteiger partial charge in [-0.15, -0.1) is 0 Å². The van der Waals surface area contributed by atoms with Crippen LogP contribution in [0.2, 0.25) is 0 Å². The van der Waals surface area contributed by atoms with Crippen molar-refractivity contribution in [2.24, 2.45) is 5.92 Å². The van der Waals surface area contributed by atoms with E-state index in [-0.39, 0.29) is 11.4 Å². The summed E-state index contributed by atoms with van der Waals surface area (Å²) in [6.07, 6.45) is 4.31. The number of rotatable bonds is 6. The van der Waals surface area contributed by atoms with E-state index in [0.29, 0.717) is 6.42 Å². The fourth-order valence-corrected chi connectivity index (χ4v) is 1.82. The van der Waals surface area contributed by atoms with Crippen molar-refractivity contribution in [3.8, 4) is 0 Å². The van der Waals surface area contributed by atoms with Gasteiger partial charge in [-0.3, -0.25) is 4.79 Å². The molecule has 3 heteroatoms. The van der Waals surface area contributed by atoms with Crippen molar-refractivity contribution in [2.75, 3.05) is 20.6 Å². The molecular formula is C12H24N2O. The topological polar surface area (TPSA) is 32.3 Å². The first-order chi connectivity index (χ1) is 6.93. The average Bonchev–Trinajstić information content (AvgIpc) is 2.94. The zero-order chi connectivity index (χ0) is 11.5. The van der Waals surface area contributed by atoms with Crippen LogP contribution in [0.5, 0.6) is 0 Å². The molecule has 15 heavy (non-hydrogen) atoms. The van der Waals surface area contributed by atoms with Crippen LogP contribution < -0.4 is 5.32 Å². The molecule has 1 N–H and O–H groups in total. The van der Waals surface area contributed by atoms with Crippen LogP contribution in [0.25, 0.3) is 0 Å². The maximum absolute atomic E-state index is 11.3. The molecule has 1 saturated carbocycles. The lowest BCUT2D eigenvalue weighted by atomic mass is 9.98. The van der Waals surface area contributed by atoms with Crippen LogP contribution in [-0.4, -0.2) is 37.0 Å². The van der Waals surface area contributed by atoms with Gasteiger partial charge in [-0.2, -0.15) is 0 Å². The van der Waals surface area contributed by atoms with E-state index in [1.807, 2.05) is 14.1 Å². The summed E-state index contributed by atoms with van der Waals surface area (Å²) < 4.78 is 0. The Morgan fingerprint density at radius 3 is 2.47 bits per heavy atom. The number of carbonyl (C=O) groups excluding carboxylic acids is 1. The predicted molar refractivity (Wildman–Crippen MR) is 62.7 cm³/mol. The minimum Gasteiger partial charge on any atom is -0.349 e. The van der Waals surface area contributed by atoms with E-state index in [2.05, 4.69) is 19.2 Å². The fraction of sp³-hybridized carbons (Fsp3) is 0.917. The van der Waals surface area contributed by atoms with Gasteiger partial charge >= 0.3 is 0 Å². The van der Waals surface area contributed by atoms with Gasteiger partial charge in [-0.1, -0.05) is 0 Å². The molecule has 1 aliphatic carbocycles. The zero-order valence-electron chi connectivity index (χ0n) is 10.5. The summed E-state index contributed by atoms with van der Waals surface area (Å²) in [6, 6.07) is 0. The lowest BCUT2D eigenvalue weighted by Crippen LogP contribution is -2.42. The van der Waals surface area contributed by atoms with Crippen molar-refractivity contribution in [3.05, 3.63) is 0 Å². The molecule has 0 radical (unpaired) electrons. The van der Waals surface area contributed by atoms with Gasteiger partial charge in [0.05, 0.1) is 0 Å². The van der Waals surface area contributed by atoms with E-state index in [1.54, 1.807) is 4.90 Å². The van der Waals surface area contributed by atoms with Crippen LogP contribution in [0.4, 0.5) is 0 Å². The van der Waals surface area contributed by atoms with Gasteiger partial charge in [0.2, 0.25) is 5.91 Å². The highest BCUT2D eigenvalue weighted by Crippen LogP contribution is 2.39. The Morgan fingerprint density at radius 1 is 1.40 bits per heavy atom. The van der Waals surface area contributed by atoms with Gasteiger partial charge in [0.15, 0.2) is 0 Å². The van der Waals surface area contributed by atoms with Crippen molar-refractivity contribution < 1.29 is 4.79 Å². The molecule has 0 bridgehead atoms. The number of nitrogens with one attached hydrogen (secondary N) is 1. The third kappa shape index (κ3) is 4.20. The van der Waals surface area contributed by atoms with Crippen molar-refractivity contribution >= 4 is 5.91 Å². The summed E-state index contributed by atoms with van der Waals surface area (Å²) in [5.41, 5.74) is 0.265. The molecule has 0 aromatic rings. The Labute approximate surface area is 93.2 Å². The van der Waals surface area contributed by atoms with Crippen LogP contribution in [0, 0.1) is 5.92 Å². The van der Waals surface area contributed by atoms with Gasteiger partial charge in [0.25, 0.3) is 0 Å². The van der Waals surface area contributed by atoms with Crippen LogP contribution >= 0.6 is 0 Å². The maximum atomic E-state index is 11.3. The first-order valence-electron chi connectivity index (χ1n) is 5.88. The molecule has 1 rings (SSSR count). The largest absolute Gasteiger partial charge is 0.349 e. The molecule has 88 valence electrons. The SMILES string of the molecule is CN(C)C(=O)CCCNC(C)(C)C1CC1. The molecule has 1 fully saturated rings. The Hall–Kier alpha value is -0.570. The summed E-state index contributed by atoms with van der Waals surface area (Å²) in [5, 5.41) is 3.54. The van der Waals surface area contributed by atoms with Crippen molar-refractivity contribution in [1.29, 1.82) is 0 Å². The summed E-state index contributed by atoms with van der Waals surface area (Å²) in [6.45, 7) is 5.47. The molecule has 0 saturated heterocycles. The first-order valence-corrected chi connectivity index (χ1v) is 5.88. The van der Waals surface area contributed by atoms with Crippen molar-refractivity contribution in [2.45, 2.75) is 45.1 Å². The van der Waals surface area contributed by atoms with Crippen LogP contribution in [-0.2, 0) is 4.79 Å². The Morgan fingerprint density at radius 2 is 2.00 bits per heavy atom. The summed E-state index contributed by atoms with van der Waals surface area (Å²) in [7, 11) is 3.62. The maximum Gasteiger partial charge on any atom is 0.222 e. The van der Waals surface area contributed by atoms with Gasteiger partial charge in [-0.25, -0.2) is 0 Å². The number of hydrogen-bond acceptors (Lipinski definition) is 2. The highest BCUT2D eigenvalue weighted by Gasteiger charge is 2.36. The molecule has 3 nitrogen and oxygen atoms in total. The highest BCUT2D eigenvalue weighted by atomic mass is 16.2. The van der Waals surface area contributed by atoms with Gasteiger partial charge in [-0.05, 0) is 45.6 Å². The summed E-state index contributed by atoms with van der Waals surface area (Å²) in [4.78, 5) is 13.0. The fourth-order valence-electron chi connectivity index (χ4n) is 1.82. The standard InChI is InChI=1S/C12H24N2O/c1-12(2,10-7-8-10)13-9-5-6-11(15)14(3)4/h10,13H,5-9H2,1-4H3. The smallest absolute Gasteiger partial charge is 0.222 e. The van der Waals surface area contributed by atoms with E-state index in [1.165, 1.54) is 12.8 Å². The van der Waals surface area contributed by atoms with E-state index >= 15 is 0 Å². The molecule has 0 aromatic carbocycles. The monoisotopic (exact) mass is 212 g/mol. The summed E-state index contributed by atoms with van der Waals surface area (Å²) in [5.74, 6) is 1.07. The molecule has 0 spiro atoms. The third-order valence-electron chi connectivity index (χ3n) is 3.24. The predicted octanol–water partition coefficient (Wildman–Crippen LogP) is 1.63. The van der Waals surface area contributed by atoms with Crippen LogP contribution in [0.1, 0.15) is 39.5 Å². The highest BCUT2D eigenvalue weighted by molar-refractivity contribution is 5.75. The quantitative estimate of drug-likeness (QED) is 0.679. The van der Waals surface area contributed by atoms with Crippen molar-refractivity contribution in [1.82, 2.24) is 10.2 Å². The molecule has 1 amide bonds. The van der Waals surface area contributed by atoms with Gasteiger partial charge in [0, 0.05) is 26.1 Å². The molecule has 0 heterocycles. The minimum absolute atomic E-state index is 0.223. The molecule has 0 aliphatic heterocycles. The second-order valence-corrected chi connectivity index (χ2v) is 5.31. The molecule has 0 atom stereocenters. The van der Waals surface area contributed by atoms with E-state index < -0.39 is 0 Å². The minimum atomic E-state index is 0.223. The van der Waals surface area contributed by atoms with Gasteiger partial charge in [0.1, 0.15) is 0 Å². The van der Waals surface area contributed by atoms with Gasteiger partial charge < -0.3 is 10.2 Å². The second-order valence-electron chi connectivity index (χ2n) is 5.31.